The largest absolute Gasteiger partial charge is 0.366 e. The number of pyridine rings is 1. The van der Waals surface area contributed by atoms with Crippen LogP contribution in [0, 0.1) is 11.6 Å². The Morgan fingerprint density at radius 3 is 2.63 bits per heavy atom. The standard InChI is InChI=1S/C20H21F2N5/c1-3-13(2)25-20-26-18(15-5-4-8-23-12-15)10-19(27-20)24-11-14-6-7-16(21)17(22)9-14/h4-10,12-13H,3,11H2,1-2H3,(H2,24,25,26,27)/t13-/m0/s1. The molecule has 1 atom stereocenters. The van der Waals surface area contributed by atoms with E-state index < -0.39 is 11.6 Å². The molecule has 140 valence electrons. The first kappa shape index (κ1) is 18.7. The predicted molar refractivity (Wildman–Crippen MR) is 102 cm³/mol. The Bertz CT molecular complexity index is 902. The monoisotopic (exact) mass is 369 g/mol. The van der Waals surface area contributed by atoms with Gasteiger partial charge in [0.2, 0.25) is 5.95 Å². The highest BCUT2D eigenvalue weighted by molar-refractivity contribution is 5.63. The lowest BCUT2D eigenvalue weighted by molar-refractivity contribution is 0.507. The van der Waals surface area contributed by atoms with Crippen molar-refractivity contribution in [2.24, 2.45) is 0 Å². The molecule has 27 heavy (non-hydrogen) atoms. The lowest BCUT2D eigenvalue weighted by Crippen LogP contribution is -2.16. The van der Waals surface area contributed by atoms with Crippen LogP contribution in [0.3, 0.4) is 0 Å². The van der Waals surface area contributed by atoms with Gasteiger partial charge in [-0.05, 0) is 43.2 Å². The number of nitrogens with one attached hydrogen (secondary N) is 2. The van der Waals surface area contributed by atoms with Crippen molar-refractivity contribution in [3.05, 3.63) is 66.0 Å². The first-order valence-electron chi connectivity index (χ1n) is 8.79. The third-order valence-corrected chi connectivity index (χ3v) is 4.13. The molecule has 0 aliphatic carbocycles. The third kappa shape index (κ3) is 4.97. The van der Waals surface area contributed by atoms with Gasteiger partial charge in [-0.3, -0.25) is 4.98 Å². The fraction of sp³-hybridized carbons (Fsp3) is 0.250. The Kier molecular flexibility index (Phi) is 5.90. The van der Waals surface area contributed by atoms with Gasteiger partial charge in [0, 0.05) is 36.6 Å². The zero-order valence-corrected chi connectivity index (χ0v) is 15.2. The van der Waals surface area contributed by atoms with E-state index >= 15 is 0 Å². The maximum absolute atomic E-state index is 13.4. The Morgan fingerprint density at radius 1 is 1.07 bits per heavy atom. The van der Waals surface area contributed by atoms with Crippen LogP contribution in [0.15, 0.2) is 48.8 Å². The van der Waals surface area contributed by atoms with Gasteiger partial charge in [-0.25, -0.2) is 13.8 Å². The van der Waals surface area contributed by atoms with Crippen molar-refractivity contribution in [3.63, 3.8) is 0 Å². The number of halogens is 2. The summed E-state index contributed by atoms with van der Waals surface area (Å²) in [5.74, 6) is -0.648. The van der Waals surface area contributed by atoms with E-state index in [1.807, 2.05) is 12.1 Å². The van der Waals surface area contributed by atoms with Crippen LogP contribution >= 0.6 is 0 Å². The summed E-state index contributed by atoms with van der Waals surface area (Å²) in [6.07, 6.45) is 4.36. The van der Waals surface area contributed by atoms with E-state index in [0.29, 0.717) is 23.9 Å². The molecular formula is C20H21F2N5. The zero-order valence-electron chi connectivity index (χ0n) is 15.2. The van der Waals surface area contributed by atoms with E-state index in [4.69, 9.17) is 0 Å². The number of rotatable bonds is 7. The van der Waals surface area contributed by atoms with E-state index in [1.165, 1.54) is 12.1 Å². The molecule has 0 unspecified atom stereocenters. The maximum Gasteiger partial charge on any atom is 0.225 e. The molecule has 0 saturated heterocycles. The van der Waals surface area contributed by atoms with E-state index in [-0.39, 0.29) is 6.04 Å². The molecule has 2 aromatic heterocycles. The lowest BCUT2D eigenvalue weighted by Gasteiger charge is -2.14. The van der Waals surface area contributed by atoms with Crippen molar-refractivity contribution in [3.8, 4) is 11.3 Å². The van der Waals surface area contributed by atoms with Crippen LogP contribution in [0.1, 0.15) is 25.8 Å². The van der Waals surface area contributed by atoms with E-state index in [9.17, 15) is 8.78 Å². The van der Waals surface area contributed by atoms with Crippen LogP contribution < -0.4 is 10.6 Å². The van der Waals surface area contributed by atoms with E-state index in [1.54, 1.807) is 18.5 Å². The molecule has 5 nitrogen and oxygen atoms in total. The van der Waals surface area contributed by atoms with Crippen molar-refractivity contribution in [2.45, 2.75) is 32.9 Å². The Labute approximate surface area is 156 Å². The van der Waals surface area contributed by atoms with Crippen LogP contribution in [-0.2, 0) is 6.54 Å². The fourth-order valence-electron chi connectivity index (χ4n) is 2.43. The van der Waals surface area contributed by atoms with Crippen molar-refractivity contribution in [1.82, 2.24) is 15.0 Å². The molecule has 3 aromatic rings. The molecule has 0 aliphatic rings. The van der Waals surface area contributed by atoms with Gasteiger partial charge in [0.15, 0.2) is 11.6 Å². The minimum absolute atomic E-state index is 0.216. The van der Waals surface area contributed by atoms with Gasteiger partial charge in [-0.15, -0.1) is 0 Å². The molecule has 2 heterocycles. The Balaban J connectivity index is 1.86. The molecule has 1 aromatic carbocycles. The summed E-state index contributed by atoms with van der Waals surface area (Å²) < 4.78 is 26.5. The van der Waals surface area contributed by atoms with Crippen molar-refractivity contribution >= 4 is 11.8 Å². The molecule has 0 spiro atoms. The van der Waals surface area contributed by atoms with Crippen molar-refractivity contribution in [1.29, 1.82) is 0 Å². The molecule has 0 amide bonds. The molecule has 0 fully saturated rings. The Hall–Kier alpha value is -3.09. The molecule has 2 N–H and O–H groups in total. The van der Waals surface area contributed by atoms with Crippen LogP contribution in [0.2, 0.25) is 0 Å². The number of nitrogens with zero attached hydrogens (tertiary/aromatic N) is 3. The quantitative estimate of drug-likeness (QED) is 0.635. The predicted octanol–water partition coefficient (Wildman–Crippen LogP) is 4.64. The average Bonchev–Trinajstić information content (AvgIpc) is 2.69. The van der Waals surface area contributed by atoms with Crippen molar-refractivity contribution < 1.29 is 8.78 Å². The number of hydrogen-bond acceptors (Lipinski definition) is 5. The van der Waals surface area contributed by atoms with E-state index in [0.717, 1.165) is 23.7 Å². The number of benzene rings is 1. The second-order valence-electron chi connectivity index (χ2n) is 6.26. The van der Waals surface area contributed by atoms with Crippen LogP contribution in [0.4, 0.5) is 20.5 Å². The van der Waals surface area contributed by atoms with Crippen molar-refractivity contribution in [2.75, 3.05) is 10.6 Å². The molecule has 3 rings (SSSR count). The van der Waals surface area contributed by atoms with Gasteiger partial charge in [0.05, 0.1) is 5.69 Å². The molecule has 0 bridgehead atoms. The zero-order chi connectivity index (χ0) is 19.2. The molecule has 7 heteroatoms. The minimum Gasteiger partial charge on any atom is -0.366 e. The molecule has 0 aliphatic heterocycles. The number of aromatic nitrogens is 3. The summed E-state index contributed by atoms with van der Waals surface area (Å²) >= 11 is 0. The third-order valence-electron chi connectivity index (χ3n) is 4.13. The van der Waals surface area contributed by atoms with Gasteiger partial charge in [-0.1, -0.05) is 13.0 Å². The van der Waals surface area contributed by atoms with Crippen LogP contribution in [-0.4, -0.2) is 21.0 Å². The Morgan fingerprint density at radius 2 is 1.93 bits per heavy atom. The highest BCUT2D eigenvalue weighted by Crippen LogP contribution is 2.22. The lowest BCUT2D eigenvalue weighted by atomic mass is 10.2. The molecule has 0 saturated carbocycles. The minimum atomic E-state index is -0.868. The van der Waals surface area contributed by atoms with E-state index in [2.05, 4.69) is 39.4 Å². The second-order valence-corrected chi connectivity index (χ2v) is 6.26. The summed E-state index contributed by atoms with van der Waals surface area (Å²) in [5.41, 5.74) is 2.20. The molecular weight excluding hydrogens is 348 g/mol. The average molecular weight is 369 g/mol. The number of hydrogen-bond donors (Lipinski definition) is 2. The van der Waals surface area contributed by atoms with Gasteiger partial charge >= 0.3 is 0 Å². The fourth-order valence-corrected chi connectivity index (χ4v) is 2.43. The molecule has 0 radical (unpaired) electrons. The summed E-state index contributed by atoms with van der Waals surface area (Å²) in [7, 11) is 0. The summed E-state index contributed by atoms with van der Waals surface area (Å²) in [5, 5.41) is 6.41. The topological polar surface area (TPSA) is 62.7 Å². The van der Waals surface area contributed by atoms with Gasteiger partial charge < -0.3 is 10.6 Å². The summed E-state index contributed by atoms with van der Waals surface area (Å²) in [4.78, 5) is 13.2. The summed E-state index contributed by atoms with van der Waals surface area (Å²) in [6, 6.07) is 9.60. The SMILES string of the molecule is CC[C@H](C)Nc1nc(NCc2ccc(F)c(F)c2)cc(-c2cccnc2)n1. The first-order valence-corrected chi connectivity index (χ1v) is 8.79. The highest BCUT2D eigenvalue weighted by Gasteiger charge is 2.09. The highest BCUT2D eigenvalue weighted by atomic mass is 19.2. The van der Waals surface area contributed by atoms with Gasteiger partial charge in [-0.2, -0.15) is 4.98 Å². The smallest absolute Gasteiger partial charge is 0.225 e. The van der Waals surface area contributed by atoms with Crippen LogP contribution in [0.5, 0.6) is 0 Å². The van der Waals surface area contributed by atoms with Gasteiger partial charge in [0.1, 0.15) is 5.82 Å². The first-order chi connectivity index (χ1) is 13.0. The van der Waals surface area contributed by atoms with Gasteiger partial charge in [0.25, 0.3) is 0 Å². The second kappa shape index (κ2) is 8.53. The number of anilines is 2. The summed E-state index contributed by atoms with van der Waals surface area (Å²) in [6.45, 7) is 4.43. The van der Waals surface area contributed by atoms with Crippen LogP contribution in [0.25, 0.3) is 11.3 Å². The normalized spacial score (nSPS) is 11.9. The maximum atomic E-state index is 13.4.